The van der Waals surface area contributed by atoms with E-state index in [0.29, 0.717) is 30.1 Å². The Morgan fingerprint density at radius 3 is 2.05 bits per heavy atom. The predicted octanol–water partition coefficient (Wildman–Crippen LogP) is 1.21. The Morgan fingerprint density at radius 2 is 1.67 bits per heavy atom. The van der Waals surface area contributed by atoms with Gasteiger partial charge in [0, 0.05) is 0 Å². The molecule has 1 atom stereocenters. The lowest BCUT2D eigenvalue weighted by Crippen LogP contribution is -2.29. The van der Waals surface area contributed by atoms with Crippen LogP contribution in [0, 0.1) is 0 Å². The molecule has 0 spiro atoms. The molecule has 8 heteroatoms. The molecular weight excluding hydrogens is 298 g/mol. The lowest BCUT2D eigenvalue weighted by atomic mass is 10.1. The third kappa shape index (κ3) is 4.76. The van der Waals surface area contributed by atoms with Crippen LogP contribution in [0.2, 0.25) is 0 Å². The Labute approximate surface area is 124 Å². The third-order valence-corrected chi connectivity index (χ3v) is 4.06. The number of nitrogens with two attached hydrogens (primary N) is 1. The number of methoxy groups -OCH3 is 3. The first-order chi connectivity index (χ1) is 9.83. The van der Waals surface area contributed by atoms with Gasteiger partial charge in [-0.3, -0.25) is 4.55 Å². The SMILES string of the molecule is COc1cc(CCCC(N)S(=O)(=O)O)cc(OC)c1OC. The van der Waals surface area contributed by atoms with E-state index in [0.717, 1.165) is 5.56 Å². The first-order valence-electron chi connectivity index (χ1n) is 6.34. The highest BCUT2D eigenvalue weighted by atomic mass is 32.2. The van der Waals surface area contributed by atoms with Crippen molar-refractivity contribution in [1.29, 1.82) is 0 Å². The lowest BCUT2D eigenvalue weighted by Gasteiger charge is -2.14. The smallest absolute Gasteiger partial charge is 0.280 e. The van der Waals surface area contributed by atoms with Crippen molar-refractivity contribution in [3.8, 4) is 17.2 Å². The van der Waals surface area contributed by atoms with Gasteiger partial charge in [-0.25, -0.2) is 0 Å². The number of aryl methyl sites for hydroxylation is 1. The maximum atomic E-state index is 10.8. The van der Waals surface area contributed by atoms with Gasteiger partial charge in [0.1, 0.15) is 5.37 Å². The van der Waals surface area contributed by atoms with E-state index in [-0.39, 0.29) is 6.42 Å². The van der Waals surface area contributed by atoms with Gasteiger partial charge in [-0.2, -0.15) is 8.42 Å². The van der Waals surface area contributed by atoms with Crippen molar-refractivity contribution in [2.24, 2.45) is 5.73 Å². The van der Waals surface area contributed by atoms with Gasteiger partial charge >= 0.3 is 0 Å². The van der Waals surface area contributed by atoms with E-state index in [1.165, 1.54) is 21.3 Å². The van der Waals surface area contributed by atoms with Crippen molar-refractivity contribution in [2.75, 3.05) is 21.3 Å². The molecule has 1 unspecified atom stereocenters. The fourth-order valence-electron chi connectivity index (χ4n) is 1.94. The van der Waals surface area contributed by atoms with Gasteiger partial charge in [0.2, 0.25) is 5.75 Å². The zero-order chi connectivity index (χ0) is 16.0. The fraction of sp³-hybridized carbons (Fsp3) is 0.538. The van der Waals surface area contributed by atoms with E-state index < -0.39 is 15.5 Å². The molecule has 7 nitrogen and oxygen atoms in total. The molecule has 1 rings (SSSR count). The van der Waals surface area contributed by atoms with Gasteiger partial charge in [0.15, 0.2) is 11.5 Å². The van der Waals surface area contributed by atoms with Crippen LogP contribution in [0.3, 0.4) is 0 Å². The molecule has 1 aromatic rings. The van der Waals surface area contributed by atoms with E-state index in [1.54, 1.807) is 12.1 Å². The zero-order valence-corrected chi connectivity index (χ0v) is 13.1. The van der Waals surface area contributed by atoms with Crippen molar-refractivity contribution in [1.82, 2.24) is 0 Å². The normalized spacial score (nSPS) is 12.8. The fourth-order valence-corrected chi connectivity index (χ4v) is 2.40. The quantitative estimate of drug-likeness (QED) is 0.693. The molecule has 0 aliphatic carbocycles. The van der Waals surface area contributed by atoms with Crippen molar-refractivity contribution in [2.45, 2.75) is 24.6 Å². The summed E-state index contributed by atoms with van der Waals surface area (Å²) in [4.78, 5) is 0. The van der Waals surface area contributed by atoms with Gasteiger partial charge in [-0.05, 0) is 37.0 Å². The van der Waals surface area contributed by atoms with Crippen LogP contribution in [0.5, 0.6) is 17.2 Å². The van der Waals surface area contributed by atoms with Crippen LogP contribution in [-0.4, -0.2) is 39.7 Å². The maximum absolute atomic E-state index is 10.8. The highest BCUT2D eigenvalue weighted by Crippen LogP contribution is 2.38. The second kappa shape index (κ2) is 7.48. The molecule has 1 aromatic carbocycles. The Morgan fingerprint density at radius 1 is 1.14 bits per heavy atom. The minimum absolute atomic E-state index is 0.162. The summed E-state index contributed by atoms with van der Waals surface area (Å²) in [6.45, 7) is 0. The standard InChI is InChI=1S/C13H21NO6S/c1-18-10-7-9(8-11(19-2)13(10)20-3)5-4-6-12(14)21(15,16)17/h7-8,12H,4-6,14H2,1-3H3,(H,15,16,17). The van der Waals surface area contributed by atoms with Crippen LogP contribution >= 0.6 is 0 Å². The average molecular weight is 319 g/mol. The summed E-state index contributed by atoms with van der Waals surface area (Å²) in [5.74, 6) is 1.57. The Bertz CT molecular complexity index is 547. The van der Waals surface area contributed by atoms with Gasteiger partial charge < -0.3 is 19.9 Å². The molecule has 0 amide bonds. The molecule has 21 heavy (non-hydrogen) atoms. The molecule has 0 aromatic heterocycles. The second-order valence-corrected chi connectivity index (χ2v) is 6.11. The summed E-state index contributed by atoms with van der Waals surface area (Å²) in [6.07, 6.45) is 1.23. The van der Waals surface area contributed by atoms with Crippen LogP contribution in [-0.2, 0) is 16.5 Å². The number of rotatable bonds is 8. The molecule has 0 saturated heterocycles. The highest BCUT2D eigenvalue weighted by molar-refractivity contribution is 7.86. The van der Waals surface area contributed by atoms with Gasteiger partial charge in [-0.15, -0.1) is 0 Å². The number of hydrogen-bond donors (Lipinski definition) is 2. The summed E-state index contributed by atoms with van der Waals surface area (Å²) >= 11 is 0. The third-order valence-electron chi connectivity index (χ3n) is 3.06. The summed E-state index contributed by atoms with van der Waals surface area (Å²) in [5, 5.41) is -1.26. The minimum Gasteiger partial charge on any atom is -0.493 e. The first-order valence-corrected chi connectivity index (χ1v) is 7.84. The van der Waals surface area contributed by atoms with Crippen LogP contribution in [0.15, 0.2) is 12.1 Å². The number of benzene rings is 1. The first kappa shape index (κ1) is 17.5. The summed E-state index contributed by atoms with van der Waals surface area (Å²) in [6, 6.07) is 3.58. The van der Waals surface area contributed by atoms with E-state index in [1.807, 2.05) is 0 Å². The predicted molar refractivity (Wildman–Crippen MR) is 78.6 cm³/mol. The van der Waals surface area contributed by atoms with Gasteiger partial charge in [-0.1, -0.05) is 0 Å². The number of ether oxygens (including phenoxy) is 3. The topological polar surface area (TPSA) is 108 Å². The Kier molecular flexibility index (Phi) is 6.25. The maximum Gasteiger partial charge on any atom is 0.280 e. The van der Waals surface area contributed by atoms with Crippen LogP contribution in [0.4, 0.5) is 0 Å². The van der Waals surface area contributed by atoms with Crippen molar-refractivity contribution in [3.63, 3.8) is 0 Å². The van der Waals surface area contributed by atoms with Crippen LogP contribution in [0.1, 0.15) is 18.4 Å². The Hall–Kier alpha value is -1.51. The molecule has 0 fully saturated rings. The van der Waals surface area contributed by atoms with E-state index in [4.69, 9.17) is 24.5 Å². The van der Waals surface area contributed by atoms with Gasteiger partial charge in [0.25, 0.3) is 10.1 Å². The molecule has 0 bridgehead atoms. The Balaban J connectivity index is 2.80. The van der Waals surface area contributed by atoms with Crippen molar-refractivity contribution in [3.05, 3.63) is 17.7 Å². The van der Waals surface area contributed by atoms with Gasteiger partial charge in [0.05, 0.1) is 21.3 Å². The highest BCUT2D eigenvalue weighted by Gasteiger charge is 2.18. The molecule has 0 radical (unpaired) electrons. The minimum atomic E-state index is -4.19. The molecule has 0 aliphatic heterocycles. The summed E-state index contributed by atoms with van der Waals surface area (Å²) in [5.41, 5.74) is 6.26. The van der Waals surface area contributed by atoms with Crippen molar-refractivity contribution < 1.29 is 27.2 Å². The zero-order valence-electron chi connectivity index (χ0n) is 12.3. The monoisotopic (exact) mass is 319 g/mol. The second-order valence-electron chi connectivity index (χ2n) is 4.48. The number of hydrogen-bond acceptors (Lipinski definition) is 6. The molecule has 0 heterocycles. The van der Waals surface area contributed by atoms with E-state index in [9.17, 15) is 8.42 Å². The molecule has 0 aliphatic rings. The van der Waals surface area contributed by atoms with E-state index in [2.05, 4.69) is 0 Å². The molecule has 3 N–H and O–H groups in total. The van der Waals surface area contributed by atoms with Crippen LogP contribution in [0.25, 0.3) is 0 Å². The summed E-state index contributed by atoms with van der Waals surface area (Å²) < 4.78 is 46.2. The molecule has 0 saturated carbocycles. The lowest BCUT2D eigenvalue weighted by molar-refractivity contribution is 0.323. The van der Waals surface area contributed by atoms with Crippen molar-refractivity contribution >= 4 is 10.1 Å². The average Bonchev–Trinajstić information content (AvgIpc) is 2.44. The largest absolute Gasteiger partial charge is 0.493 e. The van der Waals surface area contributed by atoms with E-state index >= 15 is 0 Å². The summed E-state index contributed by atoms with van der Waals surface area (Å²) in [7, 11) is 0.380. The molecule has 120 valence electrons. The molecular formula is C13H21NO6S. The van der Waals surface area contributed by atoms with Crippen LogP contribution < -0.4 is 19.9 Å².